The minimum absolute atomic E-state index is 0. The zero-order valence-electron chi connectivity index (χ0n) is 16.3. The van der Waals surface area contributed by atoms with Crippen LogP contribution < -0.4 is 5.32 Å². The third-order valence-corrected chi connectivity index (χ3v) is 6.62. The van der Waals surface area contributed by atoms with E-state index in [9.17, 15) is 8.42 Å². The highest BCUT2D eigenvalue weighted by atomic mass is 127. The Morgan fingerprint density at radius 3 is 2.59 bits per heavy atom. The number of ether oxygens (including phenoxy) is 1. The van der Waals surface area contributed by atoms with E-state index in [0.29, 0.717) is 32.7 Å². The van der Waals surface area contributed by atoms with Gasteiger partial charge in [0.05, 0.1) is 25.0 Å². The summed E-state index contributed by atoms with van der Waals surface area (Å²) in [7, 11) is -3.27. The minimum Gasteiger partial charge on any atom is -0.378 e. The van der Waals surface area contributed by atoms with E-state index in [2.05, 4.69) is 26.7 Å². The lowest BCUT2D eigenvalue weighted by atomic mass is 10.3. The Balaban J connectivity index is 0.00000364. The summed E-state index contributed by atoms with van der Waals surface area (Å²) in [5.74, 6) is 0.885. The predicted molar refractivity (Wildman–Crippen MR) is 123 cm³/mol. The van der Waals surface area contributed by atoms with Gasteiger partial charge >= 0.3 is 0 Å². The number of hydrogen-bond donors (Lipinski definition) is 1. The smallest absolute Gasteiger partial charge is 0.216 e. The van der Waals surface area contributed by atoms with Crippen molar-refractivity contribution in [2.45, 2.75) is 33.4 Å². The van der Waals surface area contributed by atoms with Crippen LogP contribution in [0.2, 0.25) is 0 Å². The van der Waals surface area contributed by atoms with Crippen molar-refractivity contribution in [2.75, 3.05) is 45.1 Å². The minimum atomic E-state index is -3.27. The first kappa shape index (κ1) is 24.6. The van der Waals surface area contributed by atoms with Gasteiger partial charge in [-0.3, -0.25) is 0 Å². The first-order valence-electron chi connectivity index (χ1n) is 9.06. The molecule has 2 rings (SSSR count). The molecular formula is C17H31IN4O3S2. The lowest BCUT2D eigenvalue weighted by Crippen LogP contribution is -2.54. The number of hydrogen-bond acceptors (Lipinski definition) is 5. The fourth-order valence-corrected chi connectivity index (χ4v) is 4.62. The summed E-state index contributed by atoms with van der Waals surface area (Å²) in [6.45, 7) is 9.75. The lowest BCUT2D eigenvalue weighted by Gasteiger charge is -2.35. The number of thiophene rings is 1. The molecule has 7 nitrogen and oxygen atoms in total. The Bertz CT molecular complexity index is 658. The molecule has 1 aromatic rings. The van der Waals surface area contributed by atoms with E-state index in [1.807, 2.05) is 26.2 Å². The molecule has 1 aliphatic heterocycles. The molecular weight excluding hydrogens is 499 g/mol. The maximum atomic E-state index is 12.4. The molecule has 156 valence electrons. The van der Waals surface area contributed by atoms with E-state index in [4.69, 9.17) is 4.74 Å². The molecule has 1 N–H and O–H groups in total. The second-order valence-electron chi connectivity index (χ2n) is 6.42. The van der Waals surface area contributed by atoms with Crippen LogP contribution in [0.25, 0.3) is 0 Å². The fourth-order valence-electron chi connectivity index (χ4n) is 2.67. The van der Waals surface area contributed by atoms with E-state index in [1.165, 1.54) is 5.56 Å². The normalized spacial score (nSPS) is 16.4. The zero-order valence-corrected chi connectivity index (χ0v) is 20.2. The number of aliphatic imine (C=N–C) groups is 1. The Hall–Kier alpha value is -0.430. The van der Waals surface area contributed by atoms with Gasteiger partial charge in [-0.25, -0.2) is 13.4 Å². The average Bonchev–Trinajstić information content (AvgIpc) is 3.12. The molecule has 0 saturated carbocycles. The average molecular weight is 530 g/mol. The van der Waals surface area contributed by atoms with E-state index >= 15 is 0 Å². The van der Waals surface area contributed by atoms with E-state index in [1.54, 1.807) is 15.6 Å². The van der Waals surface area contributed by atoms with Gasteiger partial charge in [-0.05, 0) is 43.2 Å². The predicted octanol–water partition coefficient (Wildman–Crippen LogP) is 2.20. The van der Waals surface area contributed by atoms with Crippen LogP contribution in [0, 0.1) is 0 Å². The highest BCUT2D eigenvalue weighted by Crippen LogP contribution is 2.11. The molecule has 0 amide bonds. The van der Waals surface area contributed by atoms with Crippen LogP contribution in [0.5, 0.6) is 0 Å². The van der Waals surface area contributed by atoms with Gasteiger partial charge in [0.25, 0.3) is 0 Å². The van der Waals surface area contributed by atoms with Crippen molar-refractivity contribution in [3.05, 3.63) is 22.4 Å². The van der Waals surface area contributed by atoms with E-state index in [-0.39, 0.29) is 42.4 Å². The molecule has 1 aromatic heterocycles. The molecule has 10 heteroatoms. The van der Waals surface area contributed by atoms with Crippen LogP contribution in [0.3, 0.4) is 0 Å². The molecule has 0 aromatic carbocycles. The maximum Gasteiger partial charge on any atom is 0.216 e. The van der Waals surface area contributed by atoms with Crippen molar-refractivity contribution < 1.29 is 13.2 Å². The summed E-state index contributed by atoms with van der Waals surface area (Å²) in [4.78, 5) is 6.82. The number of sulfonamides is 1. The van der Waals surface area contributed by atoms with E-state index in [0.717, 1.165) is 12.5 Å². The van der Waals surface area contributed by atoms with Gasteiger partial charge in [0, 0.05) is 32.7 Å². The van der Waals surface area contributed by atoms with Crippen LogP contribution in [0.4, 0.5) is 0 Å². The van der Waals surface area contributed by atoms with Crippen LogP contribution >= 0.6 is 35.3 Å². The molecule has 27 heavy (non-hydrogen) atoms. The third-order valence-electron chi connectivity index (χ3n) is 4.05. The maximum absolute atomic E-state index is 12.4. The monoisotopic (exact) mass is 530 g/mol. The van der Waals surface area contributed by atoms with Gasteiger partial charge < -0.3 is 15.0 Å². The van der Waals surface area contributed by atoms with Gasteiger partial charge in [-0.15, -0.1) is 24.0 Å². The van der Waals surface area contributed by atoms with Gasteiger partial charge in [-0.1, -0.05) is 0 Å². The largest absolute Gasteiger partial charge is 0.378 e. The number of piperazine rings is 1. The van der Waals surface area contributed by atoms with Crippen molar-refractivity contribution in [1.82, 2.24) is 14.5 Å². The van der Waals surface area contributed by atoms with Crippen LogP contribution in [-0.2, 0) is 21.3 Å². The molecule has 1 fully saturated rings. The molecule has 0 atom stereocenters. The highest BCUT2D eigenvalue weighted by molar-refractivity contribution is 14.0. The van der Waals surface area contributed by atoms with Crippen molar-refractivity contribution in [2.24, 2.45) is 4.99 Å². The summed E-state index contributed by atoms with van der Waals surface area (Å²) in [6, 6.07) is 2.07. The van der Waals surface area contributed by atoms with Gasteiger partial charge in [0.2, 0.25) is 10.0 Å². The van der Waals surface area contributed by atoms with E-state index < -0.39 is 10.0 Å². The first-order valence-corrected chi connectivity index (χ1v) is 11.6. The summed E-state index contributed by atoms with van der Waals surface area (Å²) in [5.41, 5.74) is 1.19. The number of nitrogens with zero attached hydrogens (tertiary/aromatic N) is 3. The van der Waals surface area contributed by atoms with Crippen molar-refractivity contribution in [1.29, 1.82) is 0 Å². The second-order valence-corrected chi connectivity index (χ2v) is 9.29. The quantitative estimate of drug-likeness (QED) is 0.317. The summed E-state index contributed by atoms with van der Waals surface area (Å²) in [6.07, 6.45) is 0.0455. The van der Waals surface area contributed by atoms with Crippen molar-refractivity contribution in [3.8, 4) is 0 Å². The molecule has 1 aliphatic rings. The Labute approximate surface area is 184 Å². The molecule has 0 unspecified atom stereocenters. The molecule has 0 radical (unpaired) electrons. The van der Waals surface area contributed by atoms with Crippen LogP contribution in [-0.4, -0.2) is 74.8 Å². The SMILES string of the molecule is CCNC(=NCc1ccsc1)N1CCN(S(=O)(=O)CCOC(C)C)CC1.I. The molecule has 1 saturated heterocycles. The molecule has 2 heterocycles. The van der Waals surface area contributed by atoms with Crippen LogP contribution in [0.1, 0.15) is 26.3 Å². The number of nitrogens with one attached hydrogen (secondary N) is 1. The first-order chi connectivity index (χ1) is 12.4. The second kappa shape index (κ2) is 12.2. The topological polar surface area (TPSA) is 74.2 Å². The summed E-state index contributed by atoms with van der Waals surface area (Å²) < 4.78 is 31.8. The Morgan fingerprint density at radius 1 is 1.33 bits per heavy atom. The van der Waals surface area contributed by atoms with Crippen LogP contribution in [0.15, 0.2) is 21.8 Å². The standard InChI is InChI=1S/C17H30N4O3S2.HI/c1-4-18-17(19-13-16-5-11-25-14-16)20-6-8-21(9-7-20)26(22,23)12-10-24-15(2)3;/h5,11,14-15H,4,6-10,12-13H2,1-3H3,(H,18,19);1H. The summed E-state index contributed by atoms with van der Waals surface area (Å²) in [5, 5.41) is 7.45. The Morgan fingerprint density at radius 2 is 2.04 bits per heavy atom. The number of rotatable bonds is 8. The lowest BCUT2D eigenvalue weighted by molar-refractivity contribution is 0.0904. The number of guanidine groups is 1. The summed E-state index contributed by atoms with van der Waals surface area (Å²) >= 11 is 1.66. The third kappa shape index (κ3) is 8.22. The Kier molecular flexibility index (Phi) is 11.1. The molecule has 0 spiro atoms. The van der Waals surface area contributed by atoms with Crippen molar-refractivity contribution in [3.63, 3.8) is 0 Å². The molecule has 0 bridgehead atoms. The van der Waals surface area contributed by atoms with Gasteiger partial charge in [0.15, 0.2) is 5.96 Å². The van der Waals surface area contributed by atoms with Gasteiger partial charge in [-0.2, -0.15) is 15.6 Å². The van der Waals surface area contributed by atoms with Crippen molar-refractivity contribution >= 4 is 51.3 Å². The number of halogens is 1. The highest BCUT2D eigenvalue weighted by Gasteiger charge is 2.27. The fraction of sp³-hybridized carbons (Fsp3) is 0.706. The molecule has 0 aliphatic carbocycles. The van der Waals surface area contributed by atoms with Gasteiger partial charge in [0.1, 0.15) is 0 Å². The zero-order chi connectivity index (χ0) is 19.0.